The van der Waals surface area contributed by atoms with Gasteiger partial charge in [0, 0.05) is 32.9 Å². The number of fused-ring (bicyclic) bond motifs is 7. The third-order valence-corrected chi connectivity index (χ3v) is 13.8. The lowest BCUT2D eigenvalue weighted by atomic mass is 9.81. The number of hydrogen-bond donors (Lipinski definition) is 0. The molecule has 10 aromatic carbocycles. The Kier molecular flexibility index (Phi) is 8.40. The van der Waals surface area contributed by atoms with Crippen molar-refractivity contribution in [2.75, 3.05) is 9.80 Å². The Bertz CT molecular complexity index is 3220. The van der Waals surface area contributed by atoms with Crippen molar-refractivity contribution in [3.05, 3.63) is 205 Å². The van der Waals surface area contributed by atoms with Crippen molar-refractivity contribution >= 4 is 66.4 Å². The minimum atomic E-state index is -0.153. The van der Waals surface area contributed by atoms with Gasteiger partial charge in [-0.3, -0.25) is 0 Å². The van der Waals surface area contributed by atoms with Crippen LogP contribution >= 0.6 is 0 Å². The molecule has 308 valence electrons. The van der Waals surface area contributed by atoms with Crippen LogP contribution in [0.25, 0.3) is 76.8 Å². The minimum absolute atomic E-state index is 0.153. The number of rotatable bonds is 6. The summed E-state index contributed by atoms with van der Waals surface area (Å²) in [5.74, 6) is 0. The number of nitrogens with zero attached hydrogens (tertiary/aromatic N) is 2. The Hall–Kier alpha value is -7.42. The molecular formula is C62H50N2. The largest absolute Gasteiger partial charge is 0.309 e. The Labute approximate surface area is 376 Å². The monoisotopic (exact) mass is 822 g/mol. The molecule has 0 amide bonds. The average molecular weight is 823 g/mol. The van der Waals surface area contributed by atoms with Crippen molar-refractivity contribution in [1.82, 2.24) is 0 Å². The van der Waals surface area contributed by atoms with Crippen molar-refractivity contribution < 1.29 is 0 Å². The standard InChI is InChI=1S/C62H50N2/c1-61(2,3)39-35-53-54(57(37-39)63(41-19-9-7-10-20-41)55-33-31-49-45-25-15-13-23-43(45)47-27-17-29-51(55)59(47)49)36-40(62(4,5)6)38-58(53)64(42-21-11-8-12-22-42)56-34-32-50-46-26-16-14-24-44(46)48-28-18-30-52(56)60(48)50/h7-38H,1-6H3. The molecule has 0 atom stereocenters. The molecule has 2 nitrogen and oxygen atoms in total. The Morgan fingerprint density at radius 3 is 0.953 bits per heavy atom. The molecule has 0 fully saturated rings. The van der Waals surface area contributed by atoms with Gasteiger partial charge in [-0.05, 0) is 138 Å². The number of anilines is 6. The fourth-order valence-corrected chi connectivity index (χ4v) is 10.6. The van der Waals surface area contributed by atoms with Crippen molar-refractivity contribution in [2.45, 2.75) is 52.4 Å². The van der Waals surface area contributed by atoms with Gasteiger partial charge in [0.25, 0.3) is 0 Å². The summed E-state index contributed by atoms with van der Waals surface area (Å²) in [6.07, 6.45) is 0. The maximum atomic E-state index is 2.54. The molecule has 12 rings (SSSR count). The van der Waals surface area contributed by atoms with E-state index in [4.69, 9.17) is 0 Å². The van der Waals surface area contributed by atoms with Crippen LogP contribution in [0.5, 0.6) is 0 Å². The topological polar surface area (TPSA) is 6.48 Å². The first-order valence-electron chi connectivity index (χ1n) is 22.7. The molecule has 0 bridgehead atoms. The molecule has 0 saturated heterocycles. The molecular weight excluding hydrogens is 773 g/mol. The van der Waals surface area contributed by atoms with Crippen LogP contribution in [-0.2, 0) is 10.8 Å². The van der Waals surface area contributed by atoms with Gasteiger partial charge in [0.05, 0.1) is 22.7 Å². The third-order valence-electron chi connectivity index (χ3n) is 13.8. The lowest BCUT2D eigenvalue weighted by Gasteiger charge is -2.34. The van der Waals surface area contributed by atoms with Crippen LogP contribution in [0.1, 0.15) is 52.7 Å². The average Bonchev–Trinajstić information content (AvgIpc) is 3.82. The molecule has 0 unspecified atom stereocenters. The maximum absolute atomic E-state index is 2.54. The summed E-state index contributed by atoms with van der Waals surface area (Å²) in [4.78, 5) is 5.09. The van der Waals surface area contributed by atoms with E-state index >= 15 is 0 Å². The molecule has 0 spiro atoms. The van der Waals surface area contributed by atoms with Gasteiger partial charge in [0.2, 0.25) is 0 Å². The molecule has 0 aromatic heterocycles. The van der Waals surface area contributed by atoms with E-state index in [1.54, 1.807) is 0 Å². The highest BCUT2D eigenvalue weighted by Crippen LogP contribution is 2.55. The lowest BCUT2D eigenvalue weighted by Crippen LogP contribution is -2.18. The summed E-state index contributed by atoms with van der Waals surface area (Å²) in [6, 6.07) is 72.8. The first-order chi connectivity index (χ1) is 31.0. The van der Waals surface area contributed by atoms with Gasteiger partial charge in [0.15, 0.2) is 0 Å². The van der Waals surface area contributed by atoms with Crippen LogP contribution < -0.4 is 9.80 Å². The number of benzene rings is 10. The van der Waals surface area contributed by atoms with Crippen LogP contribution in [0.3, 0.4) is 0 Å². The Balaban J connectivity index is 1.20. The predicted octanol–water partition coefficient (Wildman–Crippen LogP) is 18.0. The van der Waals surface area contributed by atoms with E-state index in [0.717, 1.165) is 11.4 Å². The van der Waals surface area contributed by atoms with Gasteiger partial charge in [0.1, 0.15) is 0 Å². The van der Waals surface area contributed by atoms with Crippen LogP contribution in [0.2, 0.25) is 0 Å². The summed E-state index contributed by atoms with van der Waals surface area (Å²) < 4.78 is 0. The quantitative estimate of drug-likeness (QED) is 0.165. The SMILES string of the molecule is CC(C)(C)c1cc(N(c2ccccc2)c2ccc3c4c(cccc24)-c2ccccc2-3)c2cc(C(C)(C)C)cc(N(c3ccccc3)c3ccc4c5c(cccc35)-c3ccccc3-4)c2c1. The van der Waals surface area contributed by atoms with E-state index in [-0.39, 0.29) is 10.8 Å². The second-order valence-corrected chi connectivity index (χ2v) is 19.7. The van der Waals surface area contributed by atoms with Crippen LogP contribution in [0.15, 0.2) is 194 Å². The molecule has 0 heterocycles. The van der Waals surface area contributed by atoms with Crippen molar-refractivity contribution in [1.29, 1.82) is 0 Å². The van der Waals surface area contributed by atoms with E-state index in [0.29, 0.717) is 0 Å². The normalized spacial score (nSPS) is 12.5. The first-order valence-corrected chi connectivity index (χ1v) is 22.7. The van der Waals surface area contributed by atoms with Gasteiger partial charge in [-0.1, -0.05) is 175 Å². The smallest absolute Gasteiger partial charge is 0.0544 e. The predicted molar refractivity (Wildman–Crippen MR) is 275 cm³/mol. The summed E-state index contributed by atoms with van der Waals surface area (Å²) in [5, 5.41) is 7.56. The first kappa shape index (κ1) is 38.3. The lowest BCUT2D eigenvalue weighted by molar-refractivity contribution is 0.589. The zero-order chi connectivity index (χ0) is 43.5. The number of para-hydroxylation sites is 2. The van der Waals surface area contributed by atoms with Gasteiger partial charge < -0.3 is 9.80 Å². The zero-order valence-electron chi connectivity index (χ0n) is 37.4. The van der Waals surface area contributed by atoms with Gasteiger partial charge in [-0.2, -0.15) is 0 Å². The highest BCUT2D eigenvalue weighted by molar-refractivity contribution is 6.22. The molecule has 0 aliphatic heterocycles. The van der Waals surface area contributed by atoms with Crippen molar-refractivity contribution in [2.24, 2.45) is 0 Å². The molecule has 0 N–H and O–H groups in total. The molecule has 0 radical (unpaired) electrons. The molecule has 64 heavy (non-hydrogen) atoms. The Morgan fingerprint density at radius 2 is 0.594 bits per heavy atom. The summed E-state index contributed by atoms with van der Waals surface area (Å²) in [5.41, 5.74) is 19.6. The Morgan fingerprint density at radius 1 is 0.266 bits per heavy atom. The zero-order valence-corrected chi connectivity index (χ0v) is 37.4. The highest BCUT2D eigenvalue weighted by Gasteiger charge is 2.31. The molecule has 2 aliphatic rings. The molecule has 2 heteroatoms. The van der Waals surface area contributed by atoms with Crippen molar-refractivity contribution in [3.63, 3.8) is 0 Å². The summed E-state index contributed by atoms with van der Waals surface area (Å²) in [6.45, 7) is 14.1. The summed E-state index contributed by atoms with van der Waals surface area (Å²) >= 11 is 0. The molecule has 2 aliphatic carbocycles. The van der Waals surface area contributed by atoms with Gasteiger partial charge in [-0.15, -0.1) is 0 Å². The third kappa shape index (κ3) is 5.78. The van der Waals surface area contributed by atoms with E-state index in [1.165, 1.54) is 111 Å². The van der Waals surface area contributed by atoms with Gasteiger partial charge >= 0.3 is 0 Å². The van der Waals surface area contributed by atoms with Gasteiger partial charge in [-0.25, -0.2) is 0 Å². The van der Waals surface area contributed by atoms with Crippen LogP contribution in [0, 0.1) is 0 Å². The highest BCUT2D eigenvalue weighted by atomic mass is 15.2. The van der Waals surface area contributed by atoms with E-state index in [1.807, 2.05) is 0 Å². The fraction of sp³-hybridized carbons (Fsp3) is 0.129. The van der Waals surface area contributed by atoms with E-state index in [2.05, 4.69) is 245 Å². The number of hydrogen-bond acceptors (Lipinski definition) is 2. The summed E-state index contributed by atoms with van der Waals surface area (Å²) in [7, 11) is 0. The van der Waals surface area contributed by atoms with E-state index < -0.39 is 0 Å². The van der Waals surface area contributed by atoms with Crippen molar-refractivity contribution in [3.8, 4) is 44.5 Å². The second kappa shape index (κ2) is 14.0. The minimum Gasteiger partial charge on any atom is -0.309 e. The fourth-order valence-electron chi connectivity index (χ4n) is 10.6. The van der Waals surface area contributed by atoms with Crippen LogP contribution in [0.4, 0.5) is 34.1 Å². The van der Waals surface area contributed by atoms with E-state index in [9.17, 15) is 0 Å². The second-order valence-electron chi connectivity index (χ2n) is 19.7. The molecule has 10 aromatic rings. The van der Waals surface area contributed by atoms with Crippen LogP contribution in [-0.4, -0.2) is 0 Å². The molecule has 0 saturated carbocycles. The maximum Gasteiger partial charge on any atom is 0.0544 e.